The molecule has 7 unspecified atom stereocenters. The molecule has 5 nitrogen and oxygen atoms in total. The average Bonchev–Trinajstić information content (AvgIpc) is 3.02. The van der Waals surface area contributed by atoms with Crippen LogP contribution in [0.3, 0.4) is 0 Å². The van der Waals surface area contributed by atoms with Crippen LogP contribution in [0.15, 0.2) is 11.1 Å². The number of hydrogen-bond donors (Lipinski definition) is 1. The SMILES string of the molecule is CC1=C(C)C2(C)OC1(C)C1(CC(=O)O)C3(C)CC4OC(=O)C21C4(C)C3. The van der Waals surface area contributed by atoms with Crippen molar-refractivity contribution in [3.63, 3.8) is 0 Å². The maximum atomic E-state index is 13.5. The molecule has 7 atom stereocenters. The Kier molecular flexibility index (Phi) is 2.25. The molecule has 0 aromatic rings. The van der Waals surface area contributed by atoms with E-state index in [4.69, 9.17) is 9.47 Å². The Labute approximate surface area is 147 Å². The van der Waals surface area contributed by atoms with Gasteiger partial charge in [-0.25, -0.2) is 0 Å². The van der Waals surface area contributed by atoms with Gasteiger partial charge in [0.25, 0.3) is 0 Å². The van der Waals surface area contributed by atoms with Crippen molar-refractivity contribution in [1.29, 1.82) is 0 Å². The van der Waals surface area contributed by atoms with Crippen molar-refractivity contribution in [2.75, 3.05) is 0 Å². The lowest BCUT2D eigenvalue weighted by Gasteiger charge is -2.59. The first kappa shape index (κ1) is 15.9. The Bertz CT molecular complexity index is 815. The lowest BCUT2D eigenvalue weighted by molar-refractivity contribution is -0.166. The van der Waals surface area contributed by atoms with E-state index >= 15 is 0 Å². The number of carbonyl (C=O) groups is 2. The first-order chi connectivity index (χ1) is 11.4. The number of ether oxygens (including phenoxy) is 2. The number of fused-ring (bicyclic) bond motifs is 5. The molecule has 25 heavy (non-hydrogen) atoms. The molecule has 5 rings (SSSR count). The number of carbonyl (C=O) groups excluding carboxylic acids is 1. The first-order valence-electron chi connectivity index (χ1n) is 9.19. The molecule has 1 N–H and O–H groups in total. The number of rotatable bonds is 2. The van der Waals surface area contributed by atoms with Crippen LogP contribution in [0.25, 0.3) is 0 Å². The van der Waals surface area contributed by atoms with Gasteiger partial charge in [0.05, 0.1) is 12.0 Å². The highest BCUT2D eigenvalue weighted by atomic mass is 16.6. The molecule has 0 aromatic heterocycles. The van der Waals surface area contributed by atoms with Gasteiger partial charge in [0, 0.05) is 10.8 Å². The Morgan fingerprint density at radius 2 is 1.76 bits per heavy atom. The molecule has 3 heterocycles. The standard InChI is InChI=1S/C20H26O5/c1-10-11(2)18(6)20-14(23)24-12-7-15(3,9-16(12,20)4)19(20,8-13(21)22)17(10,5)25-18/h12H,7-9H2,1-6H3,(H,21,22). The van der Waals surface area contributed by atoms with Crippen molar-refractivity contribution in [3.8, 4) is 0 Å². The zero-order chi connectivity index (χ0) is 18.4. The van der Waals surface area contributed by atoms with Crippen molar-refractivity contribution in [2.24, 2.45) is 21.7 Å². The fourth-order valence-electron chi connectivity index (χ4n) is 8.93. The minimum absolute atomic E-state index is 0.0579. The van der Waals surface area contributed by atoms with Crippen LogP contribution in [0.2, 0.25) is 0 Å². The first-order valence-corrected chi connectivity index (χ1v) is 9.19. The zero-order valence-electron chi connectivity index (χ0n) is 15.8. The molecule has 0 aromatic carbocycles. The van der Waals surface area contributed by atoms with Crippen LogP contribution in [0.5, 0.6) is 0 Å². The molecule has 0 amide bonds. The van der Waals surface area contributed by atoms with Crippen LogP contribution in [0, 0.1) is 21.7 Å². The number of aliphatic carboxylic acids is 1. The highest BCUT2D eigenvalue weighted by molar-refractivity contribution is 5.90. The summed E-state index contributed by atoms with van der Waals surface area (Å²) in [6.07, 6.45) is 1.35. The molecule has 0 radical (unpaired) electrons. The van der Waals surface area contributed by atoms with Crippen molar-refractivity contribution >= 4 is 11.9 Å². The molecule has 3 aliphatic heterocycles. The Hall–Kier alpha value is -1.36. The number of esters is 1. The van der Waals surface area contributed by atoms with Gasteiger partial charge in [-0.05, 0) is 57.1 Å². The second-order valence-corrected chi connectivity index (χ2v) is 9.90. The normalized spacial score (nSPS) is 60.4. The summed E-state index contributed by atoms with van der Waals surface area (Å²) in [7, 11) is 0. The summed E-state index contributed by atoms with van der Waals surface area (Å²) in [5, 5.41) is 9.91. The molecular formula is C20H26O5. The number of hydrogen-bond acceptors (Lipinski definition) is 4. The van der Waals surface area contributed by atoms with Crippen LogP contribution in [0.4, 0.5) is 0 Å². The third kappa shape index (κ3) is 1.01. The van der Waals surface area contributed by atoms with Gasteiger partial charge in [0.2, 0.25) is 0 Å². The van der Waals surface area contributed by atoms with Crippen molar-refractivity contribution < 1.29 is 24.2 Å². The zero-order valence-corrected chi connectivity index (χ0v) is 15.8. The molecule has 2 saturated heterocycles. The van der Waals surface area contributed by atoms with E-state index in [9.17, 15) is 14.7 Å². The number of carboxylic acid groups (broad SMARTS) is 1. The number of carboxylic acids is 1. The predicted octanol–water partition coefficient (Wildman–Crippen LogP) is 3.08. The van der Waals surface area contributed by atoms with Gasteiger partial charge in [-0.2, -0.15) is 0 Å². The second kappa shape index (κ2) is 3.55. The third-order valence-electron chi connectivity index (χ3n) is 9.53. The molecule has 1 spiro atoms. The van der Waals surface area contributed by atoms with Gasteiger partial charge in [-0.3, -0.25) is 9.59 Å². The molecule has 4 bridgehead atoms. The van der Waals surface area contributed by atoms with Crippen molar-refractivity contribution in [2.45, 2.75) is 78.1 Å². The lowest BCUT2D eigenvalue weighted by Crippen LogP contribution is -2.68. The van der Waals surface area contributed by atoms with E-state index in [-0.39, 0.29) is 29.3 Å². The summed E-state index contributed by atoms with van der Waals surface area (Å²) >= 11 is 0. The summed E-state index contributed by atoms with van der Waals surface area (Å²) in [6, 6.07) is 0. The van der Waals surface area contributed by atoms with Crippen LogP contribution in [0.1, 0.15) is 60.8 Å². The average molecular weight is 346 g/mol. The van der Waals surface area contributed by atoms with Gasteiger partial charge < -0.3 is 14.6 Å². The summed E-state index contributed by atoms with van der Waals surface area (Å²) in [6.45, 7) is 12.4. The highest BCUT2D eigenvalue weighted by Crippen LogP contribution is 2.93. The lowest BCUT2D eigenvalue weighted by atomic mass is 9.37. The maximum Gasteiger partial charge on any atom is 0.317 e. The summed E-state index contributed by atoms with van der Waals surface area (Å²) in [5.74, 6) is -1.10. The predicted molar refractivity (Wildman–Crippen MR) is 88.7 cm³/mol. The molecule has 136 valence electrons. The Morgan fingerprint density at radius 3 is 2.36 bits per heavy atom. The fraction of sp³-hybridized carbons (Fsp3) is 0.800. The summed E-state index contributed by atoms with van der Waals surface area (Å²) < 4.78 is 12.6. The van der Waals surface area contributed by atoms with Crippen LogP contribution < -0.4 is 0 Å². The van der Waals surface area contributed by atoms with Crippen LogP contribution in [-0.2, 0) is 19.1 Å². The van der Waals surface area contributed by atoms with Gasteiger partial charge in [-0.15, -0.1) is 0 Å². The van der Waals surface area contributed by atoms with Crippen molar-refractivity contribution in [1.82, 2.24) is 0 Å². The molecule has 4 fully saturated rings. The third-order valence-corrected chi connectivity index (χ3v) is 9.53. The van der Waals surface area contributed by atoms with E-state index in [2.05, 4.69) is 13.8 Å². The summed E-state index contributed by atoms with van der Waals surface area (Å²) in [5.41, 5.74) is -1.79. The quantitative estimate of drug-likeness (QED) is 0.614. The van der Waals surface area contributed by atoms with Gasteiger partial charge in [0.1, 0.15) is 17.1 Å². The topological polar surface area (TPSA) is 72.8 Å². The largest absolute Gasteiger partial charge is 0.481 e. The molecule has 5 aliphatic rings. The van der Waals surface area contributed by atoms with Gasteiger partial charge in [-0.1, -0.05) is 13.8 Å². The van der Waals surface area contributed by atoms with E-state index in [1.165, 1.54) is 0 Å². The van der Waals surface area contributed by atoms with Crippen LogP contribution >= 0.6 is 0 Å². The van der Waals surface area contributed by atoms with Gasteiger partial charge in [0.15, 0.2) is 0 Å². The monoisotopic (exact) mass is 346 g/mol. The molecular weight excluding hydrogens is 320 g/mol. The van der Waals surface area contributed by atoms with E-state index < -0.39 is 28.0 Å². The fourth-order valence-corrected chi connectivity index (χ4v) is 8.93. The van der Waals surface area contributed by atoms with E-state index in [1.54, 1.807) is 0 Å². The second-order valence-electron chi connectivity index (χ2n) is 9.90. The highest BCUT2D eigenvalue weighted by Gasteiger charge is 2.99. The minimum atomic E-state index is -0.929. The maximum absolute atomic E-state index is 13.5. The minimum Gasteiger partial charge on any atom is -0.481 e. The smallest absolute Gasteiger partial charge is 0.317 e. The van der Waals surface area contributed by atoms with Crippen LogP contribution in [-0.4, -0.2) is 34.4 Å². The Morgan fingerprint density at radius 1 is 1.16 bits per heavy atom. The Balaban J connectivity index is 1.98. The van der Waals surface area contributed by atoms with Crippen molar-refractivity contribution in [3.05, 3.63) is 11.1 Å². The van der Waals surface area contributed by atoms with E-state index in [0.717, 1.165) is 24.0 Å². The van der Waals surface area contributed by atoms with E-state index in [0.29, 0.717) is 0 Å². The molecule has 2 saturated carbocycles. The summed E-state index contributed by atoms with van der Waals surface area (Å²) in [4.78, 5) is 25.6. The van der Waals surface area contributed by atoms with Gasteiger partial charge >= 0.3 is 11.9 Å². The van der Waals surface area contributed by atoms with E-state index in [1.807, 2.05) is 27.7 Å². The molecule has 5 heteroatoms. The molecule has 2 aliphatic carbocycles.